The van der Waals surface area contributed by atoms with Gasteiger partial charge in [-0.2, -0.15) is 0 Å². The number of amides is 2. The van der Waals surface area contributed by atoms with Crippen molar-refractivity contribution in [1.82, 2.24) is 15.5 Å². The molecule has 1 aromatic rings. The summed E-state index contributed by atoms with van der Waals surface area (Å²) in [5, 5.41) is 15.6. The third-order valence-electron chi connectivity index (χ3n) is 3.85. The van der Waals surface area contributed by atoms with Crippen molar-refractivity contribution in [1.29, 1.82) is 0 Å². The summed E-state index contributed by atoms with van der Waals surface area (Å²) in [6.45, 7) is 5.47. The maximum Gasteiger partial charge on any atom is 0.315 e. The zero-order chi connectivity index (χ0) is 16.5. The van der Waals surface area contributed by atoms with E-state index >= 15 is 0 Å². The molecule has 2 unspecified atom stereocenters. The smallest absolute Gasteiger partial charge is 0.315 e. The van der Waals surface area contributed by atoms with E-state index in [4.69, 9.17) is 11.6 Å². The summed E-state index contributed by atoms with van der Waals surface area (Å²) in [7, 11) is 2.04. The monoisotopic (exact) mass is 327 g/mol. The van der Waals surface area contributed by atoms with Crippen LogP contribution in [0.3, 0.4) is 0 Å². The summed E-state index contributed by atoms with van der Waals surface area (Å²) in [6, 6.07) is 6.82. The Morgan fingerprint density at radius 3 is 2.55 bits per heavy atom. The van der Waals surface area contributed by atoms with Crippen molar-refractivity contribution in [2.45, 2.75) is 32.4 Å². The molecule has 3 N–H and O–H groups in total. The summed E-state index contributed by atoms with van der Waals surface area (Å²) in [5.74, 6) is 0. The Morgan fingerprint density at radius 2 is 2.00 bits per heavy atom. The second-order valence-corrected chi connectivity index (χ2v) is 5.86. The van der Waals surface area contributed by atoms with Gasteiger partial charge in [-0.15, -0.1) is 0 Å². The van der Waals surface area contributed by atoms with Gasteiger partial charge in [-0.1, -0.05) is 30.7 Å². The van der Waals surface area contributed by atoms with E-state index < -0.39 is 6.04 Å². The third-order valence-corrected chi connectivity index (χ3v) is 4.11. The van der Waals surface area contributed by atoms with Crippen LogP contribution in [0.5, 0.6) is 0 Å². The van der Waals surface area contributed by atoms with Gasteiger partial charge < -0.3 is 20.6 Å². The predicted octanol–water partition coefficient (Wildman–Crippen LogP) is 2.40. The lowest BCUT2D eigenvalue weighted by Gasteiger charge is -2.24. The van der Waals surface area contributed by atoms with Gasteiger partial charge >= 0.3 is 6.03 Å². The van der Waals surface area contributed by atoms with Crippen molar-refractivity contribution in [2.75, 3.05) is 26.7 Å². The molecule has 0 bridgehead atoms. The number of halogens is 1. The van der Waals surface area contributed by atoms with E-state index in [0.717, 1.165) is 18.5 Å². The van der Waals surface area contributed by atoms with Crippen LogP contribution in [0.15, 0.2) is 24.3 Å². The third kappa shape index (κ3) is 6.22. The van der Waals surface area contributed by atoms with E-state index in [1.165, 1.54) is 0 Å². The van der Waals surface area contributed by atoms with E-state index in [0.29, 0.717) is 17.6 Å². The molecule has 22 heavy (non-hydrogen) atoms. The first kappa shape index (κ1) is 18.7. The number of likely N-dealkylation sites (N-methyl/N-ethyl adjacent to an activating group) is 1. The summed E-state index contributed by atoms with van der Waals surface area (Å²) < 4.78 is 0. The van der Waals surface area contributed by atoms with Crippen LogP contribution in [0.25, 0.3) is 0 Å². The maximum atomic E-state index is 11.9. The van der Waals surface area contributed by atoms with E-state index in [-0.39, 0.29) is 12.6 Å². The molecule has 124 valence electrons. The highest BCUT2D eigenvalue weighted by Gasteiger charge is 2.13. The van der Waals surface area contributed by atoms with Crippen molar-refractivity contribution in [3.05, 3.63) is 34.9 Å². The van der Waals surface area contributed by atoms with Gasteiger partial charge in [0.1, 0.15) is 0 Å². The molecule has 5 nitrogen and oxygen atoms in total. The zero-order valence-electron chi connectivity index (χ0n) is 13.5. The topological polar surface area (TPSA) is 64.6 Å². The lowest BCUT2D eigenvalue weighted by atomic mass is 10.1. The minimum absolute atomic E-state index is 0.165. The molecule has 0 heterocycles. The predicted molar refractivity (Wildman–Crippen MR) is 90.2 cm³/mol. The largest absolute Gasteiger partial charge is 0.394 e. The summed E-state index contributed by atoms with van der Waals surface area (Å²) in [6.07, 6.45) is 1.08. The molecular formula is C16H26ClN3O2. The van der Waals surface area contributed by atoms with Crippen molar-refractivity contribution in [2.24, 2.45) is 0 Å². The van der Waals surface area contributed by atoms with Gasteiger partial charge in [0.25, 0.3) is 0 Å². The Labute approximate surface area is 137 Å². The Balaban J connectivity index is 2.41. The average Bonchev–Trinajstić information content (AvgIpc) is 2.52. The molecule has 0 saturated heterocycles. The molecule has 0 saturated carbocycles. The first-order chi connectivity index (χ1) is 10.5. The second-order valence-electron chi connectivity index (χ2n) is 5.42. The molecular weight excluding hydrogens is 302 g/mol. The fourth-order valence-corrected chi connectivity index (χ4v) is 2.14. The summed E-state index contributed by atoms with van der Waals surface area (Å²) in [5.41, 5.74) is 0.818. The Kier molecular flexibility index (Phi) is 8.24. The minimum atomic E-state index is -0.440. The molecule has 1 rings (SSSR count). The molecule has 1 aromatic carbocycles. The van der Waals surface area contributed by atoms with E-state index in [1.807, 2.05) is 7.05 Å². The standard InChI is InChI=1S/C16H26ClN3O2/c1-4-12(2)20(3)10-9-18-16(22)19-15(11-21)13-5-7-14(17)8-6-13/h5-8,12,15,21H,4,9-11H2,1-3H3,(H2,18,19,22). The molecule has 0 radical (unpaired) electrons. The second kappa shape index (κ2) is 9.66. The van der Waals surface area contributed by atoms with Crippen LogP contribution in [0.1, 0.15) is 31.9 Å². The molecule has 0 spiro atoms. The van der Waals surface area contributed by atoms with Crippen LogP contribution in [-0.2, 0) is 0 Å². The first-order valence-electron chi connectivity index (χ1n) is 7.58. The molecule has 0 aliphatic carbocycles. The Hall–Kier alpha value is -1.30. The maximum absolute atomic E-state index is 11.9. The number of rotatable bonds is 8. The number of aliphatic hydroxyl groups excluding tert-OH is 1. The van der Waals surface area contributed by atoms with Gasteiger partial charge in [-0.3, -0.25) is 0 Å². The number of nitrogens with one attached hydrogen (secondary N) is 2. The average molecular weight is 328 g/mol. The molecule has 6 heteroatoms. The zero-order valence-corrected chi connectivity index (χ0v) is 14.2. The van der Waals surface area contributed by atoms with Crippen LogP contribution in [-0.4, -0.2) is 48.8 Å². The van der Waals surface area contributed by atoms with E-state index in [2.05, 4.69) is 29.4 Å². The van der Waals surface area contributed by atoms with E-state index in [1.54, 1.807) is 24.3 Å². The number of nitrogens with zero attached hydrogens (tertiary/aromatic N) is 1. The molecule has 0 aromatic heterocycles. The number of aliphatic hydroxyl groups is 1. The van der Waals surface area contributed by atoms with Crippen LogP contribution >= 0.6 is 11.6 Å². The number of urea groups is 1. The lowest BCUT2D eigenvalue weighted by molar-refractivity contribution is 0.212. The highest BCUT2D eigenvalue weighted by atomic mass is 35.5. The minimum Gasteiger partial charge on any atom is -0.394 e. The van der Waals surface area contributed by atoms with Gasteiger partial charge in [0.2, 0.25) is 0 Å². The van der Waals surface area contributed by atoms with Gasteiger partial charge in [0, 0.05) is 24.2 Å². The number of hydrogen-bond donors (Lipinski definition) is 3. The fourth-order valence-electron chi connectivity index (χ4n) is 2.02. The van der Waals surface area contributed by atoms with Crippen LogP contribution in [0.2, 0.25) is 5.02 Å². The van der Waals surface area contributed by atoms with Crippen molar-refractivity contribution in [3.63, 3.8) is 0 Å². The SMILES string of the molecule is CCC(C)N(C)CCNC(=O)NC(CO)c1ccc(Cl)cc1. The molecule has 0 fully saturated rings. The number of hydrogen-bond acceptors (Lipinski definition) is 3. The van der Waals surface area contributed by atoms with Crippen LogP contribution < -0.4 is 10.6 Å². The highest BCUT2D eigenvalue weighted by molar-refractivity contribution is 6.30. The van der Waals surface area contributed by atoms with Gasteiger partial charge in [-0.25, -0.2) is 4.79 Å². The van der Waals surface area contributed by atoms with Gasteiger partial charge in [0.15, 0.2) is 0 Å². The molecule has 0 aliphatic heterocycles. The molecule has 2 amide bonds. The summed E-state index contributed by atoms with van der Waals surface area (Å²) >= 11 is 5.83. The quantitative estimate of drug-likeness (QED) is 0.687. The normalized spacial score (nSPS) is 13.7. The number of benzene rings is 1. The van der Waals surface area contributed by atoms with Crippen molar-refractivity contribution >= 4 is 17.6 Å². The highest BCUT2D eigenvalue weighted by Crippen LogP contribution is 2.16. The van der Waals surface area contributed by atoms with Crippen LogP contribution in [0.4, 0.5) is 4.79 Å². The first-order valence-corrected chi connectivity index (χ1v) is 7.96. The molecule has 0 aliphatic rings. The number of carbonyl (C=O) groups is 1. The Bertz CT molecular complexity index is 453. The fraction of sp³-hybridized carbons (Fsp3) is 0.562. The number of carbonyl (C=O) groups excluding carboxylic acids is 1. The lowest BCUT2D eigenvalue weighted by Crippen LogP contribution is -2.43. The van der Waals surface area contributed by atoms with Crippen molar-refractivity contribution in [3.8, 4) is 0 Å². The Morgan fingerprint density at radius 1 is 1.36 bits per heavy atom. The van der Waals surface area contributed by atoms with Crippen molar-refractivity contribution < 1.29 is 9.90 Å². The van der Waals surface area contributed by atoms with Crippen LogP contribution in [0, 0.1) is 0 Å². The van der Waals surface area contributed by atoms with E-state index in [9.17, 15) is 9.90 Å². The van der Waals surface area contributed by atoms with Gasteiger partial charge in [-0.05, 0) is 38.1 Å². The molecule has 2 atom stereocenters. The summed E-state index contributed by atoms with van der Waals surface area (Å²) in [4.78, 5) is 14.1. The van der Waals surface area contributed by atoms with Gasteiger partial charge in [0.05, 0.1) is 12.6 Å².